The van der Waals surface area contributed by atoms with E-state index in [4.69, 9.17) is 18.9 Å². The van der Waals surface area contributed by atoms with Crippen molar-refractivity contribution in [3.63, 3.8) is 0 Å². The van der Waals surface area contributed by atoms with Crippen LogP contribution in [0.2, 0.25) is 0 Å². The minimum Gasteiger partial charge on any atom is -0.493 e. The van der Waals surface area contributed by atoms with Crippen LogP contribution in [0.1, 0.15) is 21.6 Å². The van der Waals surface area contributed by atoms with Crippen LogP contribution in [-0.2, 0) is 0 Å². The lowest BCUT2D eigenvalue weighted by Crippen LogP contribution is -2.09. The second-order valence-corrected chi connectivity index (χ2v) is 5.96. The Hall–Kier alpha value is -3.80. The smallest absolute Gasteiger partial charge is 0.343 e. The number of hydrogen-bond acceptors (Lipinski definition) is 6. The Morgan fingerprint density at radius 3 is 2.71 bits per heavy atom. The summed E-state index contributed by atoms with van der Waals surface area (Å²) >= 11 is 0. The van der Waals surface area contributed by atoms with Crippen molar-refractivity contribution in [1.29, 1.82) is 0 Å². The standard InChI is InChI=1S/C22H17NO5/c1-25-20-12-15(5-8-17-4-2-3-11-23-17)6-9-19(20)28-22(24)16-7-10-18-21(13-16)27-14-26-18/h2-13H,14H2,1H3/b8-5+. The van der Waals surface area contributed by atoms with Crippen molar-refractivity contribution in [3.8, 4) is 23.0 Å². The zero-order chi connectivity index (χ0) is 19.3. The number of aromatic nitrogens is 1. The van der Waals surface area contributed by atoms with Crippen LogP contribution in [0.3, 0.4) is 0 Å². The molecule has 6 heteroatoms. The van der Waals surface area contributed by atoms with Crippen molar-refractivity contribution in [2.45, 2.75) is 0 Å². The van der Waals surface area contributed by atoms with Gasteiger partial charge in [0.1, 0.15) is 0 Å². The summed E-state index contributed by atoms with van der Waals surface area (Å²) in [4.78, 5) is 16.7. The lowest BCUT2D eigenvalue weighted by Gasteiger charge is -2.10. The molecule has 0 saturated carbocycles. The second-order valence-electron chi connectivity index (χ2n) is 5.96. The van der Waals surface area contributed by atoms with Gasteiger partial charge in [-0.05, 0) is 54.1 Å². The number of hydrogen-bond donors (Lipinski definition) is 0. The molecule has 0 bridgehead atoms. The van der Waals surface area contributed by atoms with Crippen molar-refractivity contribution >= 4 is 18.1 Å². The predicted octanol–water partition coefficient (Wildman–Crippen LogP) is 4.21. The second kappa shape index (κ2) is 7.84. The van der Waals surface area contributed by atoms with Gasteiger partial charge in [0.05, 0.1) is 18.4 Å². The quantitative estimate of drug-likeness (QED) is 0.492. The van der Waals surface area contributed by atoms with Gasteiger partial charge in [0, 0.05) is 6.20 Å². The number of esters is 1. The Morgan fingerprint density at radius 2 is 1.89 bits per heavy atom. The van der Waals surface area contributed by atoms with E-state index in [2.05, 4.69) is 4.98 Å². The maximum absolute atomic E-state index is 12.5. The Bertz CT molecular complexity index is 1030. The highest BCUT2D eigenvalue weighted by atomic mass is 16.7. The normalized spacial score (nSPS) is 12.2. The van der Waals surface area contributed by atoms with Crippen LogP contribution < -0.4 is 18.9 Å². The molecule has 4 rings (SSSR count). The topological polar surface area (TPSA) is 66.9 Å². The molecule has 1 aromatic heterocycles. The number of fused-ring (bicyclic) bond motifs is 1. The number of pyridine rings is 1. The van der Waals surface area contributed by atoms with E-state index in [1.54, 1.807) is 36.5 Å². The van der Waals surface area contributed by atoms with Crippen LogP contribution in [0, 0.1) is 0 Å². The molecule has 6 nitrogen and oxygen atoms in total. The molecule has 1 aliphatic rings. The number of methoxy groups -OCH3 is 1. The van der Waals surface area contributed by atoms with Crippen molar-refractivity contribution in [2.75, 3.05) is 13.9 Å². The van der Waals surface area contributed by atoms with Crippen LogP contribution in [0.4, 0.5) is 0 Å². The average molecular weight is 375 g/mol. The Kier molecular flexibility index (Phi) is 4.93. The molecule has 140 valence electrons. The zero-order valence-electron chi connectivity index (χ0n) is 15.1. The molecule has 28 heavy (non-hydrogen) atoms. The molecule has 0 spiro atoms. The first-order valence-electron chi connectivity index (χ1n) is 8.62. The highest BCUT2D eigenvalue weighted by Crippen LogP contribution is 2.34. The van der Waals surface area contributed by atoms with Gasteiger partial charge in [-0.25, -0.2) is 4.79 Å². The summed E-state index contributed by atoms with van der Waals surface area (Å²) in [5.74, 6) is 1.42. The molecular weight excluding hydrogens is 358 g/mol. The molecule has 0 atom stereocenters. The monoisotopic (exact) mass is 375 g/mol. The van der Waals surface area contributed by atoms with Gasteiger partial charge >= 0.3 is 5.97 Å². The lowest BCUT2D eigenvalue weighted by molar-refractivity contribution is 0.0729. The van der Waals surface area contributed by atoms with Gasteiger partial charge in [0.2, 0.25) is 6.79 Å². The third-order valence-corrected chi connectivity index (χ3v) is 4.13. The fraction of sp³-hybridized carbons (Fsp3) is 0.0909. The minimum absolute atomic E-state index is 0.148. The van der Waals surface area contributed by atoms with Gasteiger partial charge < -0.3 is 18.9 Å². The average Bonchev–Trinajstić information content (AvgIpc) is 3.21. The van der Waals surface area contributed by atoms with Crippen molar-refractivity contribution in [2.24, 2.45) is 0 Å². The van der Waals surface area contributed by atoms with Gasteiger partial charge in [-0.15, -0.1) is 0 Å². The maximum atomic E-state index is 12.5. The first-order valence-corrected chi connectivity index (χ1v) is 8.62. The molecular formula is C22H17NO5. The van der Waals surface area contributed by atoms with Crippen LogP contribution in [0.25, 0.3) is 12.2 Å². The van der Waals surface area contributed by atoms with Crippen LogP contribution in [-0.4, -0.2) is 24.9 Å². The third-order valence-electron chi connectivity index (χ3n) is 4.13. The molecule has 0 fully saturated rings. The summed E-state index contributed by atoms with van der Waals surface area (Å²) in [5, 5.41) is 0. The highest BCUT2D eigenvalue weighted by molar-refractivity contribution is 5.92. The molecule has 0 aliphatic carbocycles. The van der Waals surface area contributed by atoms with Gasteiger partial charge in [0.15, 0.2) is 23.0 Å². The molecule has 0 N–H and O–H groups in total. The van der Waals surface area contributed by atoms with Crippen molar-refractivity contribution in [1.82, 2.24) is 4.98 Å². The Balaban J connectivity index is 1.51. The summed E-state index contributed by atoms with van der Waals surface area (Å²) in [7, 11) is 1.53. The zero-order valence-corrected chi connectivity index (χ0v) is 15.1. The van der Waals surface area contributed by atoms with Crippen molar-refractivity contribution in [3.05, 3.63) is 77.6 Å². The van der Waals surface area contributed by atoms with E-state index in [1.807, 2.05) is 36.4 Å². The third kappa shape index (κ3) is 3.81. The van der Waals surface area contributed by atoms with Gasteiger partial charge in [-0.2, -0.15) is 0 Å². The predicted molar refractivity (Wildman–Crippen MR) is 104 cm³/mol. The van der Waals surface area contributed by atoms with Gasteiger partial charge in [0.25, 0.3) is 0 Å². The number of carbonyl (C=O) groups is 1. The van der Waals surface area contributed by atoms with E-state index in [1.165, 1.54) is 7.11 Å². The fourth-order valence-corrected chi connectivity index (χ4v) is 2.71. The van der Waals surface area contributed by atoms with Crippen LogP contribution in [0.5, 0.6) is 23.0 Å². The number of ether oxygens (including phenoxy) is 4. The highest BCUT2D eigenvalue weighted by Gasteiger charge is 2.18. The van der Waals surface area contributed by atoms with E-state index >= 15 is 0 Å². The van der Waals surface area contributed by atoms with Gasteiger partial charge in [-0.1, -0.05) is 18.2 Å². The number of benzene rings is 2. The lowest BCUT2D eigenvalue weighted by atomic mass is 10.1. The number of nitrogens with zero attached hydrogens (tertiary/aromatic N) is 1. The van der Waals surface area contributed by atoms with Gasteiger partial charge in [-0.3, -0.25) is 4.98 Å². The summed E-state index contributed by atoms with van der Waals surface area (Å²) in [6.07, 6.45) is 5.54. The van der Waals surface area contributed by atoms with Crippen LogP contribution in [0.15, 0.2) is 60.8 Å². The summed E-state index contributed by atoms with van der Waals surface area (Å²) in [5.41, 5.74) is 2.11. The molecule has 1 aliphatic heterocycles. The molecule has 0 amide bonds. The van der Waals surface area contributed by atoms with E-state index in [-0.39, 0.29) is 6.79 Å². The summed E-state index contributed by atoms with van der Waals surface area (Å²) in [6, 6.07) is 15.9. The largest absolute Gasteiger partial charge is 0.493 e. The Labute approximate surface area is 162 Å². The number of rotatable bonds is 5. The molecule has 2 aromatic carbocycles. The van der Waals surface area contributed by atoms with E-state index in [9.17, 15) is 4.79 Å². The maximum Gasteiger partial charge on any atom is 0.343 e. The van der Waals surface area contributed by atoms with Crippen LogP contribution >= 0.6 is 0 Å². The van der Waals surface area contributed by atoms with Crippen molar-refractivity contribution < 1.29 is 23.7 Å². The van der Waals surface area contributed by atoms with E-state index < -0.39 is 5.97 Å². The molecule has 0 saturated heterocycles. The summed E-state index contributed by atoms with van der Waals surface area (Å²) in [6.45, 7) is 0.148. The minimum atomic E-state index is -0.506. The molecule has 2 heterocycles. The van der Waals surface area contributed by atoms with E-state index in [0.29, 0.717) is 28.6 Å². The summed E-state index contributed by atoms with van der Waals surface area (Å²) < 4.78 is 21.4. The first kappa shape index (κ1) is 17.6. The number of carbonyl (C=O) groups excluding carboxylic acids is 1. The molecule has 0 radical (unpaired) electrons. The SMILES string of the molecule is COc1cc(/C=C/c2ccccn2)ccc1OC(=O)c1ccc2c(c1)OCO2. The Morgan fingerprint density at radius 1 is 1.00 bits per heavy atom. The van der Waals surface area contributed by atoms with E-state index in [0.717, 1.165) is 11.3 Å². The molecule has 0 unspecified atom stereocenters. The fourth-order valence-electron chi connectivity index (χ4n) is 2.71. The first-order chi connectivity index (χ1) is 13.7. The molecule has 3 aromatic rings.